The summed E-state index contributed by atoms with van der Waals surface area (Å²) < 4.78 is 5.04. The van der Waals surface area contributed by atoms with E-state index in [4.69, 9.17) is 22.1 Å². The van der Waals surface area contributed by atoms with Gasteiger partial charge in [-0.1, -0.05) is 25.4 Å². The standard InChI is InChI=1S/C14H21ClN2O2.ClH/c1-10(2)9-17(6-7-19-3)14(18)12-5-4-11(16)8-13(12)15;/h4-5,8,10H,6-7,9,16H2,1-3H3;1H. The summed E-state index contributed by atoms with van der Waals surface area (Å²) in [5.74, 6) is 0.295. The molecule has 0 aliphatic carbocycles. The molecule has 0 fully saturated rings. The molecule has 0 aliphatic heterocycles. The van der Waals surface area contributed by atoms with E-state index in [1.807, 2.05) is 0 Å². The van der Waals surface area contributed by atoms with Crippen molar-refractivity contribution in [3.63, 3.8) is 0 Å². The van der Waals surface area contributed by atoms with Crippen molar-refractivity contribution in [1.29, 1.82) is 0 Å². The average molecular weight is 321 g/mol. The van der Waals surface area contributed by atoms with Crippen LogP contribution in [-0.4, -0.2) is 37.6 Å². The first-order valence-corrected chi connectivity index (χ1v) is 6.66. The first-order valence-electron chi connectivity index (χ1n) is 6.29. The number of benzene rings is 1. The van der Waals surface area contributed by atoms with Gasteiger partial charge in [-0.2, -0.15) is 0 Å². The van der Waals surface area contributed by atoms with Gasteiger partial charge in [-0.3, -0.25) is 4.79 Å². The Bertz CT molecular complexity index is 439. The highest BCUT2D eigenvalue weighted by molar-refractivity contribution is 6.34. The minimum Gasteiger partial charge on any atom is -0.399 e. The number of carbonyl (C=O) groups is 1. The van der Waals surface area contributed by atoms with Crippen LogP contribution in [0.15, 0.2) is 18.2 Å². The van der Waals surface area contributed by atoms with E-state index in [9.17, 15) is 4.79 Å². The fourth-order valence-electron chi connectivity index (χ4n) is 1.79. The summed E-state index contributed by atoms with van der Waals surface area (Å²) in [6, 6.07) is 4.95. The second kappa shape index (κ2) is 9.06. The number of amides is 1. The zero-order valence-electron chi connectivity index (χ0n) is 12.1. The van der Waals surface area contributed by atoms with E-state index in [-0.39, 0.29) is 18.3 Å². The van der Waals surface area contributed by atoms with E-state index in [0.29, 0.717) is 41.9 Å². The van der Waals surface area contributed by atoms with Crippen LogP contribution in [0.5, 0.6) is 0 Å². The SMILES string of the molecule is COCCN(CC(C)C)C(=O)c1ccc(N)cc1Cl.Cl. The topological polar surface area (TPSA) is 55.6 Å². The Kier molecular flexibility index (Phi) is 8.62. The second-order valence-corrected chi connectivity index (χ2v) is 5.28. The lowest BCUT2D eigenvalue weighted by molar-refractivity contribution is 0.0672. The molecule has 2 N–H and O–H groups in total. The number of hydrogen-bond acceptors (Lipinski definition) is 3. The number of nitrogens with two attached hydrogens (primary N) is 1. The van der Waals surface area contributed by atoms with E-state index in [2.05, 4.69) is 13.8 Å². The molecule has 6 heteroatoms. The number of methoxy groups -OCH3 is 1. The van der Waals surface area contributed by atoms with Crippen molar-refractivity contribution >= 4 is 35.6 Å². The minimum absolute atomic E-state index is 0. The molecule has 0 radical (unpaired) electrons. The van der Waals surface area contributed by atoms with Gasteiger partial charge in [-0.25, -0.2) is 0 Å². The molecule has 114 valence electrons. The Labute approximate surface area is 131 Å². The number of halogens is 2. The van der Waals surface area contributed by atoms with Crippen LogP contribution in [0.25, 0.3) is 0 Å². The van der Waals surface area contributed by atoms with Crippen LogP contribution in [0, 0.1) is 5.92 Å². The maximum absolute atomic E-state index is 12.5. The molecule has 0 unspecified atom stereocenters. The summed E-state index contributed by atoms with van der Waals surface area (Å²) in [4.78, 5) is 14.2. The summed E-state index contributed by atoms with van der Waals surface area (Å²) in [6.45, 7) is 5.86. The lowest BCUT2D eigenvalue weighted by atomic mass is 10.1. The van der Waals surface area contributed by atoms with Gasteiger partial charge in [0.25, 0.3) is 5.91 Å². The summed E-state index contributed by atoms with van der Waals surface area (Å²) in [6.07, 6.45) is 0. The lowest BCUT2D eigenvalue weighted by Gasteiger charge is -2.24. The van der Waals surface area contributed by atoms with Crippen LogP contribution in [-0.2, 0) is 4.74 Å². The third-order valence-corrected chi connectivity index (χ3v) is 2.97. The highest BCUT2D eigenvalue weighted by Crippen LogP contribution is 2.21. The van der Waals surface area contributed by atoms with E-state index in [1.54, 1.807) is 30.2 Å². The molecule has 0 heterocycles. The monoisotopic (exact) mass is 320 g/mol. The molecule has 20 heavy (non-hydrogen) atoms. The largest absolute Gasteiger partial charge is 0.399 e. The van der Waals surface area contributed by atoms with Gasteiger partial charge in [-0.05, 0) is 24.1 Å². The number of nitrogens with zero attached hydrogens (tertiary/aromatic N) is 1. The van der Waals surface area contributed by atoms with E-state index < -0.39 is 0 Å². The van der Waals surface area contributed by atoms with Crippen molar-refractivity contribution in [2.75, 3.05) is 32.5 Å². The molecular weight excluding hydrogens is 299 g/mol. The van der Waals surface area contributed by atoms with E-state index >= 15 is 0 Å². The van der Waals surface area contributed by atoms with Crippen molar-refractivity contribution in [2.45, 2.75) is 13.8 Å². The maximum atomic E-state index is 12.5. The van der Waals surface area contributed by atoms with Crippen LogP contribution in [0.1, 0.15) is 24.2 Å². The number of nitrogen functional groups attached to an aromatic ring is 1. The number of carbonyl (C=O) groups excluding carboxylic acids is 1. The Morgan fingerprint density at radius 2 is 2.10 bits per heavy atom. The van der Waals surface area contributed by atoms with E-state index in [0.717, 1.165) is 0 Å². The van der Waals surface area contributed by atoms with Crippen molar-refractivity contribution in [3.8, 4) is 0 Å². The Morgan fingerprint density at radius 3 is 2.60 bits per heavy atom. The van der Waals surface area contributed by atoms with Crippen molar-refractivity contribution < 1.29 is 9.53 Å². The normalized spacial score (nSPS) is 10.2. The Balaban J connectivity index is 0.00000361. The molecule has 4 nitrogen and oxygen atoms in total. The molecular formula is C14H22Cl2N2O2. The fourth-order valence-corrected chi connectivity index (χ4v) is 2.06. The summed E-state index contributed by atoms with van der Waals surface area (Å²) in [5, 5.41) is 0.385. The lowest BCUT2D eigenvalue weighted by Crippen LogP contribution is -2.36. The third kappa shape index (κ3) is 5.57. The number of anilines is 1. The summed E-state index contributed by atoms with van der Waals surface area (Å²) >= 11 is 6.08. The van der Waals surface area contributed by atoms with Crippen LogP contribution < -0.4 is 5.73 Å². The Morgan fingerprint density at radius 1 is 1.45 bits per heavy atom. The first kappa shape index (κ1) is 19.0. The van der Waals surface area contributed by atoms with Gasteiger partial charge in [-0.15, -0.1) is 12.4 Å². The predicted molar refractivity (Wildman–Crippen MR) is 85.7 cm³/mol. The van der Waals surface area contributed by atoms with Crippen molar-refractivity contribution in [3.05, 3.63) is 28.8 Å². The fraction of sp³-hybridized carbons (Fsp3) is 0.500. The number of rotatable bonds is 6. The van der Waals surface area contributed by atoms with Gasteiger partial charge in [0.15, 0.2) is 0 Å². The van der Waals surface area contributed by atoms with Gasteiger partial charge in [0, 0.05) is 25.9 Å². The minimum atomic E-state index is -0.0873. The third-order valence-electron chi connectivity index (χ3n) is 2.66. The molecule has 1 aromatic rings. The van der Waals surface area contributed by atoms with Gasteiger partial charge in [0.05, 0.1) is 17.2 Å². The highest BCUT2D eigenvalue weighted by Gasteiger charge is 2.19. The summed E-state index contributed by atoms with van der Waals surface area (Å²) in [5.41, 5.74) is 6.66. The van der Waals surface area contributed by atoms with Gasteiger partial charge in [0.2, 0.25) is 0 Å². The zero-order valence-corrected chi connectivity index (χ0v) is 13.6. The molecule has 0 aromatic heterocycles. The molecule has 1 aromatic carbocycles. The molecule has 0 saturated heterocycles. The van der Waals surface area contributed by atoms with Gasteiger partial charge >= 0.3 is 0 Å². The van der Waals surface area contributed by atoms with Crippen LogP contribution in [0.3, 0.4) is 0 Å². The molecule has 0 spiro atoms. The van der Waals surface area contributed by atoms with Crippen LogP contribution >= 0.6 is 24.0 Å². The Hall–Kier alpha value is -0.970. The van der Waals surface area contributed by atoms with Gasteiger partial charge in [0.1, 0.15) is 0 Å². The first-order chi connectivity index (χ1) is 8.95. The average Bonchev–Trinajstić information content (AvgIpc) is 2.33. The zero-order chi connectivity index (χ0) is 14.4. The molecule has 0 bridgehead atoms. The quantitative estimate of drug-likeness (QED) is 0.819. The van der Waals surface area contributed by atoms with Crippen LogP contribution in [0.2, 0.25) is 5.02 Å². The van der Waals surface area contributed by atoms with E-state index in [1.165, 1.54) is 0 Å². The molecule has 0 saturated carbocycles. The molecule has 0 atom stereocenters. The number of hydrogen-bond donors (Lipinski definition) is 1. The highest BCUT2D eigenvalue weighted by atomic mass is 35.5. The molecule has 1 rings (SSSR count). The molecule has 1 amide bonds. The second-order valence-electron chi connectivity index (χ2n) is 4.88. The van der Waals surface area contributed by atoms with Crippen molar-refractivity contribution in [1.82, 2.24) is 4.90 Å². The summed E-state index contributed by atoms with van der Waals surface area (Å²) in [7, 11) is 1.62. The molecule has 0 aliphatic rings. The van der Waals surface area contributed by atoms with Gasteiger partial charge < -0.3 is 15.4 Å². The maximum Gasteiger partial charge on any atom is 0.255 e. The number of ether oxygens (including phenoxy) is 1. The van der Waals surface area contributed by atoms with Crippen molar-refractivity contribution in [2.24, 2.45) is 5.92 Å². The van der Waals surface area contributed by atoms with Crippen LogP contribution in [0.4, 0.5) is 5.69 Å². The smallest absolute Gasteiger partial charge is 0.255 e. The predicted octanol–water partition coefficient (Wildman–Crippen LogP) is 3.09.